The van der Waals surface area contributed by atoms with E-state index in [1.165, 1.54) is 31.6 Å². The number of methoxy groups -OCH3 is 1. The van der Waals surface area contributed by atoms with Crippen LogP contribution in [0, 0.1) is 5.41 Å². The van der Waals surface area contributed by atoms with Crippen molar-refractivity contribution in [2.24, 2.45) is 0 Å². The van der Waals surface area contributed by atoms with Gasteiger partial charge in [-0.2, -0.15) is 0 Å². The molecule has 2 aromatic heterocycles. The molecule has 0 aromatic carbocycles. The van der Waals surface area contributed by atoms with Crippen molar-refractivity contribution in [1.82, 2.24) is 30.8 Å². The first-order valence-corrected chi connectivity index (χ1v) is 14.2. The number of ether oxygens (including phenoxy) is 3. The van der Waals surface area contributed by atoms with Gasteiger partial charge in [0.05, 0.1) is 16.9 Å². The lowest BCUT2D eigenvalue weighted by atomic mass is 10.2. The van der Waals surface area contributed by atoms with Crippen LogP contribution in [0.5, 0.6) is 0 Å². The summed E-state index contributed by atoms with van der Waals surface area (Å²) in [4.78, 5) is 71.7. The van der Waals surface area contributed by atoms with Crippen LogP contribution in [0.15, 0.2) is 30.6 Å². The Morgan fingerprint density at radius 1 is 0.932 bits per heavy atom. The molecule has 2 aromatic rings. The molecular formula is C27H38N8O8S. The number of anilines is 1. The van der Waals surface area contributed by atoms with E-state index in [4.69, 9.17) is 19.6 Å². The third kappa shape index (κ3) is 12.2. The van der Waals surface area contributed by atoms with Gasteiger partial charge in [-0.05, 0) is 59.7 Å². The number of esters is 1. The zero-order valence-corrected chi connectivity index (χ0v) is 26.4. The van der Waals surface area contributed by atoms with Gasteiger partial charge in [0.1, 0.15) is 17.2 Å². The van der Waals surface area contributed by atoms with E-state index in [9.17, 15) is 24.0 Å². The minimum atomic E-state index is -0.967. The summed E-state index contributed by atoms with van der Waals surface area (Å²) in [5.74, 6) is -2.14. The normalized spacial score (nSPS) is 11.8. The molecule has 2 heterocycles. The summed E-state index contributed by atoms with van der Waals surface area (Å²) in [6.45, 7) is 9.38. The van der Waals surface area contributed by atoms with Crippen LogP contribution in [0.25, 0.3) is 0 Å². The van der Waals surface area contributed by atoms with E-state index >= 15 is 0 Å². The van der Waals surface area contributed by atoms with Gasteiger partial charge in [0.25, 0.3) is 11.8 Å². The molecule has 0 saturated carbocycles. The topological polar surface area (TPSA) is 214 Å². The fourth-order valence-corrected chi connectivity index (χ4v) is 4.02. The quantitative estimate of drug-likeness (QED) is 0.111. The molecule has 1 unspecified atom stereocenters. The Hall–Kier alpha value is -4.80. The van der Waals surface area contributed by atoms with E-state index < -0.39 is 53.2 Å². The minimum absolute atomic E-state index is 0.121. The number of thiophene rings is 1. The Bertz CT molecular complexity index is 1340. The van der Waals surface area contributed by atoms with Crippen molar-refractivity contribution >= 4 is 53.2 Å². The number of alkyl carbamates (subject to hydrolysis) is 1. The molecular weight excluding hydrogens is 596 g/mol. The predicted molar refractivity (Wildman–Crippen MR) is 160 cm³/mol. The van der Waals surface area contributed by atoms with Gasteiger partial charge in [0, 0.05) is 32.0 Å². The van der Waals surface area contributed by atoms with Crippen LogP contribution in [0.4, 0.5) is 15.5 Å². The van der Waals surface area contributed by atoms with Gasteiger partial charge >= 0.3 is 18.2 Å². The lowest BCUT2D eigenvalue weighted by Gasteiger charge is -2.28. The van der Waals surface area contributed by atoms with E-state index in [2.05, 4.69) is 31.2 Å². The molecule has 16 nitrogen and oxygen atoms in total. The van der Waals surface area contributed by atoms with E-state index in [1.807, 2.05) is 0 Å². The number of nitrogens with one attached hydrogen (secondary N) is 5. The van der Waals surface area contributed by atoms with E-state index in [0.29, 0.717) is 0 Å². The molecule has 0 aliphatic rings. The van der Waals surface area contributed by atoms with Gasteiger partial charge in [0.15, 0.2) is 0 Å². The van der Waals surface area contributed by atoms with Crippen molar-refractivity contribution in [3.63, 3.8) is 0 Å². The first-order chi connectivity index (χ1) is 20.5. The standard InChI is InChI=1S/C27H38N8O8S/c1-26(2,3)42-24(39)34-22(28)35(25(40)43-27(4,5)6)14-13-29-19(36)17-9-10-18(44-17)20(37)32-15-16(21(38)41-7)33-23-30-11-8-12-31-23/h8-12,16H,13-15H2,1-7H3,(H,29,36)(H,32,37)(H2,28,34,39)(H,30,31,33). The van der Waals surface area contributed by atoms with Crippen molar-refractivity contribution in [3.05, 3.63) is 40.3 Å². The van der Waals surface area contributed by atoms with Crippen LogP contribution in [0.3, 0.4) is 0 Å². The zero-order chi connectivity index (χ0) is 33.1. The highest BCUT2D eigenvalue weighted by Gasteiger charge is 2.28. The van der Waals surface area contributed by atoms with Crippen LogP contribution in [0.2, 0.25) is 0 Å². The molecule has 1 atom stereocenters. The second-order valence-corrected chi connectivity index (χ2v) is 12.1. The SMILES string of the molecule is COC(=O)C(CNC(=O)c1ccc(C(=O)NCCN(C(=N)NC(=O)OC(C)(C)C)C(=O)OC(C)(C)C)s1)Nc1ncccn1. The Kier molecular flexibility index (Phi) is 12.6. The first-order valence-electron chi connectivity index (χ1n) is 13.4. The maximum atomic E-state index is 12.8. The molecule has 0 saturated heterocycles. The third-order valence-electron chi connectivity index (χ3n) is 5.00. The number of carbonyl (C=O) groups excluding carboxylic acids is 5. The van der Waals surface area contributed by atoms with Crippen molar-refractivity contribution < 1.29 is 38.2 Å². The monoisotopic (exact) mass is 634 g/mol. The highest BCUT2D eigenvalue weighted by atomic mass is 32.1. The second-order valence-electron chi connectivity index (χ2n) is 11.0. The molecule has 0 aliphatic heterocycles. The Balaban J connectivity index is 1.98. The number of aromatic nitrogens is 2. The van der Waals surface area contributed by atoms with Gasteiger partial charge < -0.3 is 30.2 Å². The lowest BCUT2D eigenvalue weighted by Crippen LogP contribution is -2.51. The number of rotatable bonds is 10. The zero-order valence-electron chi connectivity index (χ0n) is 25.6. The van der Waals surface area contributed by atoms with Crippen LogP contribution >= 0.6 is 11.3 Å². The average Bonchev–Trinajstić information content (AvgIpc) is 3.41. The van der Waals surface area contributed by atoms with Gasteiger partial charge in [-0.3, -0.25) is 20.3 Å². The first kappa shape index (κ1) is 35.4. The largest absolute Gasteiger partial charge is 0.467 e. The summed E-state index contributed by atoms with van der Waals surface area (Å²) in [5.41, 5.74) is -1.72. The number of amides is 4. The van der Waals surface area contributed by atoms with E-state index in [0.717, 1.165) is 16.2 Å². The summed E-state index contributed by atoms with van der Waals surface area (Å²) in [6.07, 6.45) is 1.12. The highest BCUT2D eigenvalue weighted by Crippen LogP contribution is 2.17. The predicted octanol–water partition coefficient (Wildman–Crippen LogP) is 2.35. The minimum Gasteiger partial charge on any atom is -0.467 e. The van der Waals surface area contributed by atoms with Gasteiger partial charge in [-0.15, -0.1) is 11.3 Å². The van der Waals surface area contributed by atoms with Crippen molar-refractivity contribution in [2.75, 3.05) is 32.1 Å². The molecule has 4 amide bonds. The molecule has 17 heteroatoms. The van der Waals surface area contributed by atoms with E-state index in [1.54, 1.807) is 47.6 Å². The molecule has 0 fully saturated rings. The molecule has 0 aliphatic carbocycles. The number of guanidine groups is 1. The summed E-state index contributed by atoms with van der Waals surface area (Å²) in [5, 5.41) is 18.4. The maximum Gasteiger partial charge on any atom is 0.417 e. The number of nitrogens with zero attached hydrogens (tertiary/aromatic N) is 3. The van der Waals surface area contributed by atoms with Crippen molar-refractivity contribution in [2.45, 2.75) is 58.8 Å². The second kappa shape index (κ2) is 15.6. The summed E-state index contributed by atoms with van der Waals surface area (Å²) < 4.78 is 15.2. The van der Waals surface area contributed by atoms with Crippen molar-refractivity contribution in [3.8, 4) is 0 Å². The van der Waals surface area contributed by atoms with Crippen LogP contribution < -0.4 is 21.3 Å². The number of hydrogen-bond acceptors (Lipinski definition) is 13. The lowest BCUT2D eigenvalue weighted by molar-refractivity contribution is -0.141. The molecule has 0 bridgehead atoms. The van der Waals surface area contributed by atoms with E-state index in [-0.39, 0.29) is 35.3 Å². The smallest absolute Gasteiger partial charge is 0.417 e. The summed E-state index contributed by atoms with van der Waals surface area (Å²) in [6, 6.07) is 3.53. The molecule has 5 N–H and O–H groups in total. The number of hydrogen-bond donors (Lipinski definition) is 5. The van der Waals surface area contributed by atoms with Crippen LogP contribution in [0.1, 0.15) is 60.9 Å². The fourth-order valence-electron chi connectivity index (χ4n) is 3.18. The molecule has 240 valence electrons. The van der Waals surface area contributed by atoms with Crippen LogP contribution in [-0.2, 0) is 19.0 Å². The number of carbonyl (C=O) groups is 5. The highest BCUT2D eigenvalue weighted by molar-refractivity contribution is 7.15. The van der Waals surface area contributed by atoms with Crippen molar-refractivity contribution in [1.29, 1.82) is 5.41 Å². The Morgan fingerprint density at radius 2 is 1.50 bits per heavy atom. The molecule has 0 radical (unpaired) electrons. The molecule has 2 rings (SSSR count). The maximum absolute atomic E-state index is 12.8. The van der Waals surface area contributed by atoms with Crippen LogP contribution in [-0.4, -0.2) is 94.8 Å². The summed E-state index contributed by atoms with van der Waals surface area (Å²) in [7, 11) is 1.21. The Labute approximate surface area is 258 Å². The van der Waals surface area contributed by atoms with Gasteiger partial charge in [0.2, 0.25) is 11.9 Å². The van der Waals surface area contributed by atoms with Gasteiger partial charge in [-0.25, -0.2) is 29.3 Å². The van der Waals surface area contributed by atoms with Gasteiger partial charge in [-0.1, -0.05) is 0 Å². The summed E-state index contributed by atoms with van der Waals surface area (Å²) >= 11 is 0.905. The average molecular weight is 635 g/mol. The molecule has 44 heavy (non-hydrogen) atoms. The molecule has 0 spiro atoms. The Morgan fingerprint density at radius 3 is 2.05 bits per heavy atom. The fraction of sp³-hybridized carbons (Fsp3) is 0.481. The third-order valence-corrected chi connectivity index (χ3v) is 6.08.